The number of benzene rings is 1. The molecule has 0 atom stereocenters. The maximum absolute atomic E-state index is 11.6. The average molecular weight is 371 g/mol. The van der Waals surface area contributed by atoms with Crippen molar-refractivity contribution in [1.29, 1.82) is 0 Å². The van der Waals surface area contributed by atoms with Crippen molar-refractivity contribution in [3.8, 4) is 0 Å². The molecule has 0 radical (unpaired) electrons. The van der Waals surface area contributed by atoms with E-state index in [-0.39, 0.29) is 5.91 Å². The summed E-state index contributed by atoms with van der Waals surface area (Å²) >= 11 is 1.86. The summed E-state index contributed by atoms with van der Waals surface area (Å²) in [6, 6.07) is 6.81. The summed E-state index contributed by atoms with van der Waals surface area (Å²) in [6.45, 7) is 1.22. The minimum Gasteiger partial charge on any atom is -0.313 e. The topological polar surface area (TPSA) is 41.5 Å². The molecule has 3 aliphatic rings. The zero-order valence-electron chi connectivity index (χ0n) is 15.6. The summed E-state index contributed by atoms with van der Waals surface area (Å²) in [5.74, 6) is 3.06. The average Bonchev–Trinajstić information content (AvgIpc) is 3.57. The molecule has 0 saturated heterocycles. The molecule has 2 fully saturated rings. The van der Waals surface area contributed by atoms with E-state index in [0.29, 0.717) is 0 Å². The molecule has 1 heterocycles. The van der Waals surface area contributed by atoms with E-state index >= 15 is 0 Å². The molecule has 2 aliphatic carbocycles. The molecule has 1 aromatic rings. The molecule has 0 bridgehead atoms. The second-order valence-corrected chi connectivity index (χ2v) is 9.19. The highest BCUT2D eigenvalue weighted by Gasteiger charge is 2.40. The van der Waals surface area contributed by atoms with Crippen molar-refractivity contribution in [3.63, 3.8) is 0 Å². The van der Waals surface area contributed by atoms with E-state index in [9.17, 15) is 4.79 Å². The number of unbranched alkanes of at least 4 members (excludes halogenated alkanes) is 4. The number of nitrogens with one attached hydrogen (secondary N) is 1. The highest BCUT2D eigenvalue weighted by molar-refractivity contribution is 7.99. The first-order valence-corrected chi connectivity index (χ1v) is 11.4. The Hall–Kier alpha value is -1.13. The molecule has 3 nitrogen and oxygen atoms in total. The Labute approximate surface area is 161 Å². The second-order valence-electron chi connectivity index (χ2n) is 8.05. The van der Waals surface area contributed by atoms with Crippen LogP contribution >= 0.6 is 11.8 Å². The Bertz CT molecular complexity index is 652. The predicted octanol–water partition coefficient (Wildman–Crippen LogP) is 5.08. The summed E-state index contributed by atoms with van der Waals surface area (Å²) in [5.41, 5.74) is 1.78. The first-order chi connectivity index (χ1) is 12.8. The SMILES string of the molecule is O=C1N=Cc2c(SCCCCCCCNC(C3CC3)C3CC3)cccc21. The van der Waals surface area contributed by atoms with Gasteiger partial charge in [0.1, 0.15) is 0 Å². The molecule has 2 saturated carbocycles. The van der Waals surface area contributed by atoms with Gasteiger partial charge in [-0.05, 0) is 74.8 Å². The van der Waals surface area contributed by atoms with Crippen molar-refractivity contribution in [2.45, 2.75) is 68.7 Å². The molecule has 4 rings (SSSR count). The van der Waals surface area contributed by atoms with Crippen molar-refractivity contribution in [2.24, 2.45) is 16.8 Å². The van der Waals surface area contributed by atoms with Gasteiger partial charge in [0.25, 0.3) is 5.91 Å². The van der Waals surface area contributed by atoms with Gasteiger partial charge in [0.05, 0.1) is 5.56 Å². The Morgan fingerprint density at radius 2 is 1.77 bits per heavy atom. The number of amides is 1. The van der Waals surface area contributed by atoms with Crippen LogP contribution in [0, 0.1) is 11.8 Å². The molecule has 0 spiro atoms. The molecule has 0 aromatic heterocycles. The molecule has 1 aromatic carbocycles. The van der Waals surface area contributed by atoms with E-state index < -0.39 is 0 Å². The smallest absolute Gasteiger partial charge is 0.277 e. The van der Waals surface area contributed by atoms with Crippen molar-refractivity contribution in [3.05, 3.63) is 29.3 Å². The number of aliphatic imine (C=N–C) groups is 1. The Balaban J connectivity index is 1.05. The van der Waals surface area contributed by atoms with Crippen molar-refractivity contribution >= 4 is 23.9 Å². The van der Waals surface area contributed by atoms with Crippen LogP contribution in [0.2, 0.25) is 0 Å². The van der Waals surface area contributed by atoms with Crippen LogP contribution in [0.3, 0.4) is 0 Å². The lowest BCUT2D eigenvalue weighted by molar-refractivity contribution is 0.101. The fraction of sp³-hybridized carbons (Fsp3) is 0.636. The lowest BCUT2D eigenvalue weighted by Crippen LogP contribution is -2.33. The van der Waals surface area contributed by atoms with Gasteiger partial charge in [0.2, 0.25) is 0 Å². The quantitative estimate of drug-likeness (QED) is 0.412. The van der Waals surface area contributed by atoms with Crippen LogP contribution in [-0.2, 0) is 0 Å². The lowest BCUT2D eigenvalue weighted by Gasteiger charge is -2.17. The third-order valence-corrected chi connectivity index (χ3v) is 6.99. The summed E-state index contributed by atoms with van der Waals surface area (Å²) in [6.07, 6.45) is 14.2. The van der Waals surface area contributed by atoms with Gasteiger partial charge in [-0.2, -0.15) is 0 Å². The summed E-state index contributed by atoms with van der Waals surface area (Å²) in [7, 11) is 0. The molecular weight excluding hydrogens is 340 g/mol. The second kappa shape index (κ2) is 8.71. The zero-order valence-corrected chi connectivity index (χ0v) is 16.4. The van der Waals surface area contributed by atoms with Gasteiger partial charge in [0, 0.05) is 22.7 Å². The third-order valence-electron chi connectivity index (χ3n) is 5.83. The third kappa shape index (κ3) is 4.77. The molecular formula is C22H30N2OS. The predicted molar refractivity (Wildman–Crippen MR) is 109 cm³/mol. The fourth-order valence-corrected chi connectivity index (χ4v) is 5.08. The normalized spacial score (nSPS) is 18.7. The van der Waals surface area contributed by atoms with Gasteiger partial charge < -0.3 is 5.32 Å². The lowest BCUT2D eigenvalue weighted by atomic mass is 10.1. The number of hydrogen-bond donors (Lipinski definition) is 1. The summed E-state index contributed by atoms with van der Waals surface area (Å²) in [5, 5.41) is 3.85. The molecule has 1 amide bonds. The molecule has 0 unspecified atom stereocenters. The van der Waals surface area contributed by atoms with Crippen molar-refractivity contribution in [2.75, 3.05) is 12.3 Å². The summed E-state index contributed by atoms with van der Waals surface area (Å²) in [4.78, 5) is 16.7. The maximum atomic E-state index is 11.6. The highest BCUT2D eigenvalue weighted by atomic mass is 32.2. The van der Waals surface area contributed by atoms with Gasteiger partial charge in [-0.1, -0.05) is 25.3 Å². The number of nitrogens with zero attached hydrogens (tertiary/aromatic N) is 1. The van der Waals surface area contributed by atoms with E-state index in [1.54, 1.807) is 6.21 Å². The first-order valence-electron chi connectivity index (χ1n) is 10.4. The van der Waals surface area contributed by atoms with Gasteiger partial charge in [-0.25, -0.2) is 4.99 Å². The largest absolute Gasteiger partial charge is 0.313 e. The van der Waals surface area contributed by atoms with Gasteiger partial charge >= 0.3 is 0 Å². The zero-order chi connectivity index (χ0) is 17.8. The molecule has 26 heavy (non-hydrogen) atoms. The van der Waals surface area contributed by atoms with Crippen LogP contribution in [0.5, 0.6) is 0 Å². The maximum Gasteiger partial charge on any atom is 0.277 e. The van der Waals surface area contributed by atoms with Crippen LogP contribution in [-0.4, -0.2) is 30.5 Å². The van der Waals surface area contributed by atoms with Gasteiger partial charge in [-0.15, -0.1) is 11.8 Å². The minimum absolute atomic E-state index is 0.0957. The molecule has 1 aliphatic heterocycles. The number of carbonyl (C=O) groups excluding carboxylic acids is 1. The van der Waals surface area contributed by atoms with Gasteiger partial charge in [-0.3, -0.25) is 4.79 Å². The van der Waals surface area contributed by atoms with Gasteiger partial charge in [0.15, 0.2) is 0 Å². The Morgan fingerprint density at radius 1 is 1.04 bits per heavy atom. The fourth-order valence-electron chi connectivity index (χ4n) is 4.02. The van der Waals surface area contributed by atoms with Crippen LogP contribution < -0.4 is 5.32 Å². The van der Waals surface area contributed by atoms with E-state index in [4.69, 9.17) is 0 Å². The monoisotopic (exact) mass is 370 g/mol. The summed E-state index contributed by atoms with van der Waals surface area (Å²) < 4.78 is 0. The Kier molecular flexibility index (Phi) is 6.11. The standard InChI is InChI=1S/C22H30N2OS/c25-22-18-7-6-8-20(19(18)15-24-22)26-14-5-3-1-2-4-13-23-21(16-9-10-16)17-11-12-17/h6-8,15-17,21,23H,1-5,9-14H2. The molecule has 140 valence electrons. The van der Waals surface area contributed by atoms with E-state index in [0.717, 1.165) is 34.8 Å². The van der Waals surface area contributed by atoms with Crippen molar-refractivity contribution in [1.82, 2.24) is 5.32 Å². The number of hydrogen-bond acceptors (Lipinski definition) is 3. The van der Waals surface area contributed by atoms with E-state index in [1.807, 2.05) is 23.9 Å². The minimum atomic E-state index is -0.0957. The van der Waals surface area contributed by atoms with Crippen LogP contribution in [0.4, 0.5) is 0 Å². The number of carbonyl (C=O) groups is 1. The van der Waals surface area contributed by atoms with Crippen molar-refractivity contribution < 1.29 is 4.79 Å². The number of fused-ring (bicyclic) bond motifs is 1. The van der Waals surface area contributed by atoms with Crippen LogP contribution in [0.25, 0.3) is 0 Å². The molecule has 4 heteroatoms. The van der Waals surface area contributed by atoms with E-state index in [2.05, 4.69) is 16.4 Å². The number of thioether (sulfide) groups is 1. The van der Waals surface area contributed by atoms with E-state index in [1.165, 1.54) is 69.2 Å². The highest BCUT2D eigenvalue weighted by Crippen LogP contribution is 2.44. The van der Waals surface area contributed by atoms with Crippen LogP contribution in [0.15, 0.2) is 28.1 Å². The van der Waals surface area contributed by atoms with Crippen LogP contribution in [0.1, 0.15) is 73.7 Å². The first kappa shape index (κ1) is 18.2. The molecule has 1 N–H and O–H groups in total. The Morgan fingerprint density at radius 3 is 2.54 bits per heavy atom. The number of rotatable bonds is 12.